The first-order valence-electron chi connectivity index (χ1n) is 2.97. The van der Waals surface area contributed by atoms with Crippen LogP contribution in [0.25, 0.3) is 0 Å². The molecule has 56 valence electrons. The highest BCUT2D eigenvalue weighted by Crippen LogP contribution is 2.02. The average Bonchev–Trinajstić information content (AvgIpc) is 1.87. The molecule has 0 aliphatic rings. The highest BCUT2D eigenvalue weighted by Gasteiger charge is 2.09. The molecule has 0 fully saturated rings. The summed E-state index contributed by atoms with van der Waals surface area (Å²) in [5, 5.41) is 17.3. The predicted octanol–water partition coefficient (Wildman–Crippen LogP) is -1.21. The topological polar surface area (TPSA) is 78.5 Å². The minimum atomic E-state index is -0.711. The quantitative estimate of drug-likeness (QED) is 0.221. The number of nitrogens with one attached hydrogen (secondary N) is 1. The van der Waals surface area contributed by atoms with Crippen molar-refractivity contribution in [2.24, 2.45) is 11.8 Å². The third kappa shape index (κ3) is 3.42. The first kappa shape index (κ1) is 8.84. The monoisotopic (exact) mass is 134 g/mol. The van der Waals surface area contributed by atoms with Gasteiger partial charge in [0.1, 0.15) is 6.23 Å². The van der Waals surface area contributed by atoms with Gasteiger partial charge < -0.3 is 10.2 Å². The molecule has 0 aromatic rings. The van der Waals surface area contributed by atoms with Crippen LogP contribution in [0.4, 0.5) is 0 Å². The van der Waals surface area contributed by atoms with Gasteiger partial charge in [0.05, 0.1) is 0 Å². The smallest absolute Gasteiger partial charge is 0.119 e. The maximum Gasteiger partial charge on any atom is 0.119 e. The third-order valence-corrected chi connectivity index (χ3v) is 1.29. The maximum atomic E-state index is 8.91. The van der Waals surface area contributed by atoms with Gasteiger partial charge >= 0.3 is 0 Å². The summed E-state index contributed by atoms with van der Waals surface area (Å²) in [5.41, 5.74) is 2.19. The van der Waals surface area contributed by atoms with E-state index in [0.717, 1.165) is 0 Å². The van der Waals surface area contributed by atoms with Crippen molar-refractivity contribution >= 4 is 0 Å². The van der Waals surface area contributed by atoms with Gasteiger partial charge in [-0.2, -0.15) is 0 Å². The van der Waals surface area contributed by atoms with Gasteiger partial charge in [-0.15, -0.1) is 0 Å². The van der Waals surface area contributed by atoms with E-state index in [1.165, 1.54) is 0 Å². The predicted molar refractivity (Wildman–Crippen MR) is 34.2 cm³/mol. The fraction of sp³-hybridized carbons (Fsp3) is 1.00. The van der Waals surface area contributed by atoms with E-state index in [1.807, 2.05) is 0 Å². The minimum Gasteiger partial charge on any atom is -0.396 e. The van der Waals surface area contributed by atoms with Gasteiger partial charge in [-0.1, -0.05) is 6.92 Å². The normalized spacial score (nSPS) is 17.3. The van der Waals surface area contributed by atoms with Crippen molar-refractivity contribution in [3.8, 4) is 0 Å². The lowest BCUT2D eigenvalue weighted by molar-refractivity contribution is 0.0692. The molecule has 0 heterocycles. The van der Waals surface area contributed by atoms with E-state index in [1.54, 1.807) is 6.92 Å². The highest BCUT2D eigenvalue weighted by molar-refractivity contribution is 4.57. The number of rotatable bonds is 4. The second-order valence-corrected chi connectivity index (χ2v) is 2.10. The van der Waals surface area contributed by atoms with Crippen LogP contribution in [0.3, 0.4) is 0 Å². The molecule has 0 bridgehead atoms. The van der Waals surface area contributed by atoms with Crippen LogP contribution in [-0.4, -0.2) is 23.0 Å². The molecule has 5 N–H and O–H groups in total. The van der Waals surface area contributed by atoms with Crippen LogP contribution in [0, 0.1) is 5.92 Å². The molecule has 4 nitrogen and oxygen atoms in total. The summed E-state index contributed by atoms with van der Waals surface area (Å²) >= 11 is 0. The lowest BCUT2D eigenvalue weighted by Gasteiger charge is -2.15. The molecule has 0 spiro atoms. The molecule has 1 unspecified atom stereocenters. The minimum absolute atomic E-state index is 0.000000000000000444. The van der Waals surface area contributed by atoms with Gasteiger partial charge in [0, 0.05) is 6.61 Å². The summed E-state index contributed by atoms with van der Waals surface area (Å²) in [6.07, 6.45) is -0.150. The van der Waals surface area contributed by atoms with Crippen LogP contribution >= 0.6 is 0 Å². The summed E-state index contributed by atoms with van der Waals surface area (Å²) in [6.45, 7) is 1.89. The Morgan fingerprint density at radius 2 is 2.22 bits per heavy atom. The lowest BCUT2D eigenvalue weighted by atomic mass is 10.1. The molecule has 0 saturated heterocycles. The SMILES string of the molecule is C[C@H](CCO)C(O)NN. The van der Waals surface area contributed by atoms with Crippen LogP contribution < -0.4 is 11.3 Å². The van der Waals surface area contributed by atoms with Crippen molar-refractivity contribution in [1.82, 2.24) is 5.43 Å². The van der Waals surface area contributed by atoms with Gasteiger partial charge in [-0.05, 0) is 12.3 Å². The van der Waals surface area contributed by atoms with Gasteiger partial charge in [0.25, 0.3) is 0 Å². The summed E-state index contributed by atoms with van der Waals surface area (Å²) < 4.78 is 0. The third-order valence-electron chi connectivity index (χ3n) is 1.29. The Hall–Kier alpha value is -0.160. The second kappa shape index (κ2) is 4.69. The van der Waals surface area contributed by atoms with E-state index in [9.17, 15) is 0 Å². The van der Waals surface area contributed by atoms with Crippen LogP contribution in [0.1, 0.15) is 13.3 Å². The molecule has 0 aliphatic heterocycles. The van der Waals surface area contributed by atoms with Crippen molar-refractivity contribution in [2.75, 3.05) is 6.61 Å². The number of hydrogen-bond donors (Lipinski definition) is 4. The maximum absolute atomic E-state index is 8.91. The number of aliphatic hydroxyl groups is 2. The van der Waals surface area contributed by atoms with Crippen LogP contribution in [0.15, 0.2) is 0 Å². The molecule has 0 aromatic carbocycles. The molecule has 4 heteroatoms. The molecule has 0 aliphatic carbocycles. The van der Waals surface area contributed by atoms with E-state index in [4.69, 9.17) is 16.1 Å². The van der Waals surface area contributed by atoms with Crippen molar-refractivity contribution in [3.63, 3.8) is 0 Å². The van der Waals surface area contributed by atoms with Gasteiger partial charge in [0.2, 0.25) is 0 Å². The van der Waals surface area contributed by atoms with E-state index in [-0.39, 0.29) is 12.5 Å². The van der Waals surface area contributed by atoms with E-state index < -0.39 is 6.23 Å². The summed E-state index contributed by atoms with van der Waals surface area (Å²) in [6, 6.07) is 0. The average molecular weight is 134 g/mol. The van der Waals surface area contributed by atoms with Gasteiger partial charge in [-0.25, -0.2) is 5.43 Å². The Bertz CT molecular complexity index is 70.0. The Kier molecular flexibility index (Phi) is 4.61. The fourth-order valence-corrected chi connectivity index (χ4v) is 0.526. The molecular formula is C5H14N2O2. The number of hydrogen-bond acceptors (Lipinski definition) is 4. The molecule has 0 saturated carbocycles. The van der Waals surface area contributed by atoms with Crippen LogP contribution in [0.5, 0.6) is 0 Å². The lowest BCUT2D eigenvalue weighted by Crippen LogP contribution is -2.39. The highest BCUT2D eigenvalue weighted by atomic mass is 16.3. The van der Waals surface area contributed by atoms with Crippen LogP contribution in [-0.2, 0) is 0 Å². The summed E-state index contributed by atoms with van der Waals surface area (Å²) in [4.78, 5) is 0. The van der Waals surface area contributed by atoms with Crippen molar-refractivity contribution in [3.05, 3.63) is 0 Å². The van der Waals surface area contributed by atoms with Crippen LogP contribution in [0.2, 0.25) is 0 Å². The van der Waals surface area contributed by atoms with E-state index >= 15 is 0 Å². The molecular weight excluding hydrogens is 120 g/mol. The zero-order valence-corrected chi connectivity index (χ0v) is 5.54. The van der Waals surface area contributed by atoms with Crippen molar-refractivity contribution in [2.45, 2.75) is 19.6 Å². The Morgan fingerprint density at radius 3 is 2.56 bits per heavy atom. The number of nitrogens with two attached hydrogens (primary N) is 1. The molecule has 0 rings (SSSR count). The Labute approximate surface area is 54.6 Å². The Balaban J connectivity index is 3.32. The summed E-state index contributed by atoms with van der Waals surface area (Å²) in [7, 11) is 0. The standard InChI is InChI=1S/C5H14N2O2/c1-4(2-3-8)5(9)7-6/h4-5,7-9H,2-3,6H2,1H3/t4-,5?/m1/s1. The van der Waals surface area contributed by atoms with E-state index in [0.29, 0.717) is 6.42 Å². The first-order valence-corrected chi connectivity index (χ1v) is 2.97. The zero-order chi connectivity index (χ0) is 7.28. The van der Waals surface area contributed by atoms with E-state index in [2.05, 4.69) is 5.43 Å². The number of aliphatic hydroxyl groups excluding tert-OH is 2. The first-order chi connectivity index (χ1) is 4.22. The van der Waals surface area contributed by atoms with Gasteiger partial charge in [-0.3, -0.25) is 5.84 Å². The second-order valence-electron chi connectivity index (χ2n) is 2.10. The largest absolute Gasteiger partial charge is 0.396 e. The fourth-order valence-electron chi connectivity index (χ4n) is 0.526. The zero-order valence-electron chi connectivity index (χ0n) is 5.54. The number of hydrazine groups is 1. The Morgan fingerprint density at radius 1 is 1.67 bits per heavy atom. The summed E-state index contributed by atoms with van der Waals surface area (Å²) in [5.74, 6) is 4.92. The molecule has 2 atom stereocenters. The van der Waals surface area contributed by atoms with Gasteiger partial charge in [0.15, 0.2) is 0 Å². The molecule has 0 aromatic heterocycles. The molecule has 0 radical (unpaired) electrons. The molecule has 0 amide bonds. The van der Waals surface area contributed by atoms with Crippen molar-refractivity contribution < 1.29 is 10.2 Å². The van der Waals surface area contributed by atoms with Crippen molar-refractivity contribution in [1.29, 1.82) is 0 Å². The molecule has 9 heavy (non-hydrogen) atoms.